The molecular weight excluding hydrogens is 372 g/mol. The Hall–Kier alpha value is -2.41. The van der Waals surface area contributed by atoms with Crippen molar-refractivity contribution < 1.29 is 24.6 Å². The summed E-state index contributed by atoms with van der Waals surface area (Å²) in [6.45, 7) is 13.6. The number of amides is 1. The molecule has 1 saturated heterocycles. The van der Waals surface area contributed by atoms with Crippen molar-refractivity contribution in [3.63, 3.8) is 0 Å². The summed E-state index contributed by atoms with van der Waals surface area (Å²) < 4.78 is 0. The summed E-state index contributed by atoms with van der Waals surface area (Å²) in [5.74, 6) is -2.67. The van der Waals surface area contributed by atoms with Crippen LogP contribution < -0.4 is 5.32 Å². The number of carbonyl (C=O) groups is 3. The second kappa shape index (κ2) is 11.0. The molecule has 0 aliphatic carbocycles. The molecule has 7 nitrogen and oxygen atoms in total. The molecule has 1 aromatic carbocycles. The van der Waals surface area contributed by atoms with Crippen LogP contribution in [0.1, 0.15) is 64.5 Å². The Balaban J connectivity index is 0.000000612. The molecule has 29 heavy (non-hydrogen) atoms. The van der Waals surface area contributed by atoms with Gasteiger partial charge in [-0.3, -0.25) is 9.69 Å². The Kier molecular flexibility index (Phi) is 9.30. The number of carboxylic acid groups (broad SMARTS) is 2. The highest BCUT2D eigenvalue weighted by Gasteiger charge is 2.27. The zero-order chi connectivity index (χ0) is 22.2. The number of aliphatic carboxylic acids is 2. The normalized spacial score (nSPS) is 15.4. The molecule has 0 spiro atoms. The van der Waals surface area contributed by atoms with Crippen molar-refractivity contribution in [3.05, 3.63) is 35.4 Å². The Morgan fingerprint density at radius 3 is 1.90 bits per heavy atom. The Morgan fingerprint density at radius 1 is 1.03 bits per heavy atom. The van der Waals surface area contributed by atoms with Crippen LogP contribution in [-0.2, 0) is 20.9 Å². The largest absolute Gasteiger partial charge is 0.473 e. The van der Waals surface area contributed by atoms with E-state index in [0.29, 0.717) is 5.92 Å². The Labute approximate surface area is 173 Å². The number of likely N-dealkylation sites (tertiary alicyclic amines) is 1. The third-order valence-corrected chi connectivity index (χ3v) is 4.69. The molecule has 7 heteroatoms. The molecule has 3 N–H and O–H groups in total. The van der Waals surface area contributed by atoms with Crippen LogP contribution in [0.4, 0.5) is 0 Å². The predicted octanol–water partition coefficient (Wildman–Crippen LogP) is 3.09. The summed E-state index contributed by atoms with van der Waals surface area (Å²) >= 11 is 0. The van der Waals surface area contributed by atoms with Gasteiger partial charge in [-0.2, -0.15) is 0 Å². The van der Waals surface area contributed by atoms with Crippen molar-refractivity contribution in [2.24, 2.45) is 5.92 Å². The van der Waals surface area contributed by atoms with Gasteiger partial charge >= 0.3 is 11.9 Å². The molecule has 1 amide bonds. The van der Waals surface area contributed by atoms with Crippen molar-refractivity contribution in [2.45, 2.75) is 65.5 Å². The van der Waals surface area contributed by atoms with E-state index < -0.39 is 11.9 Å². The number of nitrogens with zero attached hydrogens (tertiary/aromatic N) is 1. The predicted molar refractivity (Wildman–Crippen MR) is 112 cm³/mol. The van der Waals surface area contributed by atoms with Crippen molar-refractivity contribution in [1.29, 1.82) is 0 Å². The smallest absolute Gasteiger partial charge is 0.414 e. The summed E-state index contributed by atoms with van der Waals surface area (Å²) in [5.41, 5.74) is 2.63. The SMILES string of the molecule is CC(C)c1ccc(CN2CCC(C(=O)NC(C)(C)C)CC2)cc1.O=C(O)C(=O)O. The molecule has 1 aromatic rings. The number of carboxylic acids is 2. The van der Waals surface area contributed by atoms with Crippen LogP contribution in [0.2, 0.25) is 0 Å². The molecule has 2 rings (SSSR count). The van der Waals surface area contributed by atoms with E-state index in [-0.39, 0.29) is 17.4 Å². The number of benzene rings is 1. The van der Waals surface area contributed by atoms with E-state index in [1.165, 1.54) is 11.1 Å². The molecule has 1 heterocycles. The third kappa shape index (κ3) is 9.56. The van der Waals surface area contributed by atoms with Gasteiger partial charge in [-0.1, -0.05) is 38.1 Å². The number of nitrogens with one attached hydrogen (secondary N) is 1. The maximum absolute atomic E-state index is 12.3. The number of piperidine rings is 1. The maximum Gasteiger partial charge on any atom is 0.414 e. The molecule has 0 radical (unpaired) electrons. The van der Waals surface area contributed by atoms with Crippen LogP contribution in [-0.4, -0.2) is 51.6 Å². The molecule has 0 aromatic heterocycles. The van der Waals surface area contributed by atoms with Gasteiger partial charge in [-0.05, 0) is 63.7 Å². The molecule has 0 bridgehead atoms. The van der Waals surface area contributed by atoms with Crippen LogP contribution in [0.3, 0.4) is 0 Å². The van der Waals surface area contributed by atoms with Gasteiger partial charge in [0, 0.05) is 18.0 Å². The van der Waals surface area contributed by atoms with Gasteiger partial charge in [0.2, 0.25) is 5.91 Å². The van der Waals surface area contributed by atoms with Crippen molar-refractivity contribution in [3.8, 4) is 0 Å². The van der Waals surface area contributed by atoms with Crippen molar-refractivity contribution >= 4 is 17.8 Å². The highest BCUT2D eigenvalue weighted by molar-refractivity contribution is 6.27. The first-order valence-electron chi connectivity index (χ1n) is 9.98. The van der Waals surface area contributed by atoms with Crippen LogP contribution in [0.15, 0.2) is 24.3 Å². The number of rotatable bonds is 4. The highest BCUT2D eigenvalue weighted by atomic mass is 16.4. The lowest BCUT2D eigenvalue weighted by Gasteiger charge is -2.33. The quantitative estimate of drug-likeness (QED) is 0.664. The lowest BCUT2D eigenvalue weighted by molar-refractivity contribution is -0.159. The second-order valence-electron chi connectivity index (χ2n) is 8.80. The minimum Gasteiger partial charge on any atom is -0.473 e. The lowest BCUT2D eigenvalue weighted by Crippen LogP contribution is -2.46. The van der Waals surface area contributed by atoms with E-state index in [1.807, 2.05) is 20.8 Å². The molecule has 0 unspecified atom stereocenters. The fourth-order valence-corrected chi connectivity index (χ4v) is 3.09. The summed E-state index contributed by atoms with van der Waals surface area (Å²) in [4.78, 5) is 32.9. The van der Waals surface area contributed by atoms with E-state index in [0.717, 1.165) is 32.5 Å². The summed E-state index contributed by atoms with van der Waals surface area (Å²) in [6, 6.07) is 8.97. The molecule has 1 aliphatic heterocycles. The zero-order valence-electron chi connectivity index (χ0n) is 18.1. The number of hydrogen-bond donors (Lipinski definition) is 3. The van der Waals surface area contributed by atoms with Gasteiger partial charge in [0.05, 0.1) is 0 Å². The minimum absolute atomic E-state index is 0.133. The van der Waals surface area contributed by atoms with Crippen LogP contribution in [0.25, 0.3) is 0 Å². The van der Waals surface area contributed by atoms with Gasteiger partial charge in [-0.15, -0.1) is 0 Å². The lowest BCUT2D eigenvalue weighted by atomic mass is 9.94. The highest BCUT2D eigenvalue weighted by Crippen LogP contribution is 2.21. The monoisotopic (exact) mass is 406 g/mol. The van der Waals surface area contributed by atoms with E-state index in [1.54, 1.807) is 0 Å². The third-order valence-electron chi connectivity index (χ3n) is 4.69. The van der Waals surface area contributed by atoms with Crippen molar-refractivity contribution in [2.75, 3.05) is 13.1 Å². The van der Waals surface area contributed by atoms with Gasteiger partial charge in [-0.25, -0.2) is 9.59 Å². The van der Waals surface area contributed by atoms with Gasteiger partial charge in [0.25, 0.3) is 0 Å². The zero-order valence-corrected chi connectivity index (χ0v) is 18.1. The van der Waals surface area contributed by atoms with Crippen LogP contribution in [0, 0.1) is 5.92 Å². The Bertz CT molecular complexity index is 672. The average molecular weight is 407 g/mol. The van der Waals surface area contributed by atoms with Gasteiger partial charge in [0.1, 0.15) is 0 Å². The molecule has 1 fully saturated rings. The fourth-order valence-electron chi connectivity index (χ4n) is 3.09. The molecular formula is C22H34N2O5. The Morgan fingerprint density at radius 2 is 1.52 bits per heavy atom. The maximum atomic E-state index is 12.3. The van der Waals surface area contributed by atoms with Crippen LogP contribution in [0.5, 0.6) is 0 Å². The average Bonchev–Trinajstić information content (AvgIpc) is 2.61. The van der Waals surface area contributed by atoms with Crippen molar-refractivity contribution in [1.82, 2.24) is 10.2 Å². The topological polar surface area (TPSA) is 107 Å². The van der Waals surface area contributed by atoms with Crippen LogP contribution >= 0.6 is 0 Å². The summed E-state index contributed by atoms with van der Waals surface area (Å²) in [5, 5.41) is 17.9. The standard InChI is InChI=1S/C20H32N2O.C2H2O4/c1-15(2)17-8-6-16(7-9-17)14-22-12-10-18(11-13-22)19(23)21-20(3,4)5;3-1(4)2(5)6/h6-9,15,18H,10-14H2,1-5H3,(H,21,23);(H,3,4)(H,5,6). The summed E-state index contributed by atoms with van der Waals surface area (Å²) in [7, 11) is 0. The fraction of sp³-hybridized carbons (Fsp3) is 0.591. The number of hydrogen-bond acceptors (Lipinski definition) is 4. The molecule has 162 valence electrons. The van der Waals surface area contributed by atoms with E-state index in [2.05, 4.69) is 48.3 Å². The van der Waals surface area contributed by atoms with E-state index >= 15 is 0 Å². The second-order valence-corrected chi connectivity index (χ2v) is 8.80. The minimum atomic E-state index is -1.82. The molecule has 1 aliphatic rings. The first-order valence-corrected chi connectivity index (χ1v) is 9.98. The van der Waals surface area contributed by atoms with E-state index in [9.17, 15) is 4.79 Å². The first kappa shape index (κ1) is 24.6. The van der Waals surface area contributed by atoms with E-state index in [4.69, 9.17) is 19.8 Å². The molecule has 0 saturated carbocycles. The summed E-state index contributed by atoms with van der Waals surface area (Å²) in [6.07, 6.45) is 1.93. The first-order chi connectivity index (χ1) is 13.4. The number of carbonyl (C=O) groups excluding carboxylic acids is 1. The van der Waals surface area contributed by atoms with Gasteiger partial charge in [0.15, 0.2) is 0 Å². The van der Waals surface area contributed by atoms with Gasteiger partial charge < -0.3 is 15.5 Å². The molecule has 0 atom stereocenters.